The van der Waals surface area contributed by atoms with Gasteiger partial charge in [-0.15, -0.1) is 0 Å². The zero-order valence-electron chi connectivity index (χ0n) is 18.0. The van der Waals surface area contributed by atoms with Crippen molar-refractivity contribution in [3.8, 4) is 5.13 Å². The molecule has 1 aliphatic rings. The largest absolute Gasteiger partial charge is 0.391 e. The molecule has 3 heterocycles. The topological polar surface area (TPSA) is 63.3 Å². The van der Waals surface area contributed by atoms with Crippen LogP contribution in [0.3, 0.4) is 0 Å². The number of aromatic nitrogens is 3. The number of hydrogen-bond donors (Lipinski definition) is 1. The van der Waals surface area contributed by atoms with Crippen LogP contribution in [0.2, 0.25) is 10.0 Å². The van der Waals surface area contributed by atoms with E-state index in [1.807, 2.05) is 16.8 Å². The number of nitrogens with zero attached hydrogens (tertiary/aromatic N) is 4. The molecule has 0 atom stereocenters. The highest BCUT2D eigenvalue weighted by molar-refractivity contribution is 7.14. The lowest BCUT2D eigenvalue weighted by molar-refractivity contribution is 0.242. The molecule has 0 saturated carbocycles. The molecule has 0 radical (unpaired) electrons. The number of halogens is 3. The quantitative estimate of drug-likeness (QED) is 0.403. The molecule has 0 bridgehead atoms. The number of aliphatic hydroxyl groups excluding tert-OH is 1. The lowest BCUT2D eigenvalue weighted by atomic mass is 10.1. The van der Waals surface area contributed by atoms with Gasteiger partial charge >= 0.3 is 0 Å². The average molecular weight is 519 g/mol. The van der Waals surface area contributed by atoms with Gasteiger partial charge in [0.15, 0.2) is 0 Å². The highest BCUT2D eigenvalue weighted by atomic mass is 35.5. The van der Waals surface area contributed by atoms with Crippen LogP contribution in [0.5, 0.6) is 0 Å². The number of benzene rings is 2. The smallest absolute Gasteiger partial charge is 0.272 e. The zero-order valence-corrected chi connectivity index (χ0v) is 20.4. The molecule has 0 fully saturated rings. The maximum absolute atomic E-state index is 13.8. The van der Waals surface area contributed by atoms with Gasteiger partial charge in [0, 0.05) is 42.3 Å². The van der Waals surface area contributed by atoms with Crippen LogP contribution in [0.25, 0.3) is 5.13 Å². The monoisotopic (exact) mass is 518 g/mol. The molecule has 0 spiro atoms. The Kier molecular flexibility index (Phi) is 6.59. The first kappa shape index (κ1) is 23.3. The van der Waals surface area contributed by atoms with Crippen molar-refractivity contribution in [3.63, 3.8) is 0 Å². The van der Waals surface area contributed by atoms with Gasteiger partial charge in [-0.2, -0.15) is 0 Å². The third-order valence-corrected chi connectivity index (χ3v) is 7.26. The fourth-order valence-corrected chi connectivity index (χ4v) is 5.49. The van der Waals surface area contributed by atoms with Crippen molar-refractivity contribution in [1.82, 2.24) is 19.2 Å². The summed E-state index contributed by atoms with van der Waals surface area (Å²) in [4.78, 5) is 20.9. The van der Waals surface area contributed by atoms with Crippen molar-refractivity contribution in [2.24, 2.45) is 0 Å². The first-order valence-corrected chi connectivity index (χ1v) is 12.3. The van der Waals surface area contributed by atoms with Gasteiger partial charge in [0.05, 0.1) is 29.3 Å². The van der Waals surface area contributed by atoms with E-state index in [2.05, 4.69) is 9.88 Å². The molecule has 34 heavy (non-hydrogen) atoms. The second-order valence-electron chi connectivity index (χ2n) is 8.23. The highest BCUT2D eigenvalue weighted by Crippen LogP contribution is 2.26. The van der Waals surface area contributed by atoms with E-state index in [-0.39, 0.29) is 18.0 Å². The number of rotatable bonds is 6. The van der Waals surface area contributed by atoms with Crippen molar-refractivity contribution in [2.75, 3.05) is 6.54 Å². The molecule has 0 aliphatic carbocycles. The standard InChI is InChI=1S/C24H21Cl2FN4O2S/c25-17-3-1-15(2-4-17)12-30-23(33)21-13-29(11-16-7-18(26)9-19(27)8-16)6-5-22(21)31(30)24-28-10-20(14-32)34-24/h1-4,7-10,32H,5-6,11-14H2. The second kappa shape index (κ2) is 9.64. The Balaban J connectivity index is 1.52. The van der Waals surface area contributed by atoms with Crippen LogP contribution in [-0.2, 0) is 32.7 Å². The van der Waals surface area contributed by atoms with Crippen molar-refractivity contribution >= 4 is 34.5 Å². The summed E-state index contributed by atoms with van der Waals surface area (Å²) in [5.41, 5.74) is 3.22. The molecule has 1 N–H and O–H groups in total. The Bertz CT molecular complexity index is 1380. The minimum absolute atomic E-state index is 0.0901. The molecule has 176 valence electrons. The van der Waals surface area contributed by atoms with Crippen molar-refractivity contribution in [1.29, 1.82) is 0 Å². The van der Waals surface area contributed by atoms with E-state index in [9.17, 15) is 14.3 Å². The van der Waals surface area contributed by atoms with Crippen LogP contribution in [0.1, 0.15) is 27.3 Å². The molecule has 6 nitrogen and oxygen atoms in total. The van der Waals surface area contributed by atoms with Crippen LogP contribution in [-0.4, -0.2) is 30.9 Å². The van der Waals surface area contributed by atoms with Crippen LogP contribution in [0.15, 0.2) is 53.5 Å². The zero-order chi connectivity index (χ0) is 23.8. The molecule has 5 rings (SSSR count). The van der Waals surface area contributed by atoms with E-state index >= 15 is 0 Å². The van der Waals surface area contributed by atoms with Gasteiger partial charge in [-0.1, -0.05) is 46.7 Å². The first-order valence-electron chi connectivity index (χ1n) is 10.7. The van der Waals surface area contributed by atoms with Crippen LogP contribution in [0.4, 0.5) is 4.39 Å². The van der Waals surface area contributed by atoms with E-state index in [1.165, 1.54) is 23.5 Å². The molecule has 0 amide bonds. The lowest BCUT2D eigenvalue weighted by Gasteiger charge is -2.27. The Morgan fingerprint density at radius 1 is 1.06 bits per heavy atom. The summed E-state index contributed by atoms with van der Waals surface area (Å²) in [6.07, 6.45) is 2.27. The Morgan fingerprint density at radius 3 is 2.56 bits per heavy atom. The Morgan fingerprint density at radius 2 is 1.85 bits per heavy atom. The van der Waals surface area contributed by atoms with E-state index < -0.39 is 0 Å². The molecular weight excluding hydrogens is 498 g/mol. The van der Waals surface area contributed by atoms with Crippen molar-refractivity contribution in [3.05, 3.63) is 102 Å². The minimum Gasteiger partial charge on any atom is -0.391 e. The summed E-state index contributed by atoms with van der Waals surface area (Å²) in [6, 6.07) is 11.9. The molecule has 0 saturated heterocycles. The SMILES string of the molecule is O=c1c2c(n(-c3ncc(CO)s3)n1Cc1ccc(Cl)cc1)CCN(Cc1cc(F)cc(Cl)c1)C2. The summed E-state index contributed by atoms with van der Waals surface area (Å²) in [7, 11) is 0. The van der Waals surface area contributed by atoms with Gasteiger partial charge in [-0.25, -0.2) is 18.7 Å². The summed E-state index contributed by atoms with van der Waals surface area (Å²) in [6.45, 7) is 1.88. The fourth-order valence-electron chi connectivity index (χ4n) is 4.31. The third kappa shape index (κ3) is 4.69. The Hall–Kier alpha value is -2.49. The first-order chi connectivity index (χ1) is 16.4. The summed E-state index contributed by atoms with van der Waals surface area (Å²) in [5.74, 6) is -0.375. The molecular formula is C24H21Cl2FN4O2S. The number of aliphatic hydroxyl groups is 1. The van der Waals surface area contributed by atoms with E-state index in [1.54, 1.807) is 29.1 Å². The van der Waals surface area contributed by atoms with Gasteiger partial charge in [-0.3, -0.25) is 9.69 Å². The normalized spacial score (nSPS) is 13.9. The van der Waals surface area contributed by atoms with Crippen molar-refractivity contribution in [2.45, 2.75) is 32.7 Å². The van der Waals surface area contributed by atoms with Gasteiger partial charge in [0.25, 0.3) is 5.56 Å². The second-order valence-corrected chi connectivity index (χ2v) is 10.2. The maximum Gasteiger partial charge on any atom is 0.272 e. The molecule has 2 aromatic heterocycles. The van der Waals surface area contributed by atoms with E-state index in [0.29, 0.717) is 53.3 Å². The van der Waals surface area contributed by atoms with E-state index in [4.69, 9.17) is 23.2 Å². The predicted octanol–water partition coefficient (Wildman–Crippen LogP) is 4.64. The summed E-state index contributed by atoms with van der Waals surface area (Å²) in [5, 5.41) is 11.1. The van der Waals surface area contributed by atoms with Crippen LogP contribution < -0.4 is 5.56 Å². The highest BCUT2D eigenvalue weighted by Gasteiger charge is 2.28. The lowest BCUT2D eigenvalue weighted by Crippen LogP contribution is -2.32. The summed E-state index contributed by atoms with van der Waals surface area (Å²) < 4.78 is 17.4. The van der Waals surface area contributed by atoms with Crippen molar-refractivity contribution < 1.29 is 9.50 Å². The average Bonchev–Trinajstić information content (AvgIpc) is 3.38. The van der Waals surface area contributed by atoms with Gasteiger partial charge in [-0.05, 0) is 41.5 Å². The van der Waals surface area contributed by atoms with E-state index in [0.717, 1.165) is 21.7 Å². The molecule has 0 unspecified atom stereocenters. The molecule has 4 aromatic rings. The summed E-state index contributed by atoms with van der Waals surface area (Å²) >= 11 is 13.4. The molecule has 10 heteroatoms. The predicted molar refractivity (Wildman–Crippen MR) is 131 cm³/mol. The van der Waals surface area contributed by atoms with Gasteiger partial charge < -0.3 is 5.11 Å². The maximum atomic E-state index is 13.8. The molecule has 2 aromatic carbocycles. The third-order valence-electron chi connectivity index (χ3n) is 5.84. The molecule has 1 aliphatic heterocycles. The number of hydrogen-bond acceptors (Lipinski definition) is 5. The Labute approximate surface area is 209 Å². The number of thiazole rings is 1. The van der Waals surface area contributed by atoms with Gasteiger partial charge in [0.2, 0.25) is 5.13 Å². The van der Waals surface area contributed by atoms with Gasteiger partial charge in [0.1, 0.15) is 5.82 Å². The number of fused-ring (bicyclic) bond motifs is 1. The van der Waals surface area contributed by atoms with Crippen LogP contribution >= 0.6 is 34.5 Å². The fraction of sp³-hybridized carbons (Fsp3) is 0.250. The van der Waals surface area contributed by atoms with Crippen LogP contribution in [0, 0.1) is 5.82 Å². The minimum atomic E-state index is -0.375.